The van der Waals surface area contributed by atoms with Gasteiger partial charge < -0.3 is 10.1 Å². The Hall–Kier alpha value is -1.37. The van der Waals surface area contributed by atoms with Crippen LogP contribution in [0.4, 0.5) is 27.6 Å². The molecule has 0 aliphatic heterocycles. The molecule has 0 bridgehead atoms. The van der Waals surface area contributed by atoms with Crippen LogP contribution in [0.3, 0.4) is 0 Å². The predicted molar refractivity (Wildman–Crippen MR) is 56.8 cm³/mol. The van der Waals surface area contributed by atoms with E-state index in [1.165, 1.54) is 12.1 Å². The van der Waals surface area contributed by atoms with E-state index in [4.69, 9.17) is 0 Å². The van der Waals surface area contributed by atoms with Gasteiger partial charge in [0.1, 0.15) is 6.61 Å². The number of halogens is 5. The second kappa shape index (κ2) is 6.53. The van der Waals surface area contributed by atoms with Crippen molar-refractivity contribution in [2.45, 2.75) is 12.6 Å². The summed E-state index contributed by atoms with van der Waals surface area (Å²) < 4.78 is 64.7. The van der Waals surface area contributed by atoms with Crippen LogP contribution in [0, 0.1) is 0 Å². The van der Waals surface area contributed by atoms with Gasteiger partial charge >= 0.3 is 6.18 Å². The first-order valence-corrected chi connectivity index (χ1v) is 5.16. The maximum Gasteiger partial charge on any atom is 0.416 e. The predicted octanol–water partition coefficient (Wildman–Crippen LogP) is 3.40. The topological polar surface area (TPSA) is 21.3 Å². The fourth-order valence-corrected chi connectivity index (χ4v) is 1.22. The molecule has 0 amide bonds. The number of nitrogens with one attached hydrogen (secondary N) is 1. The van der Waals surface area contributed by atoms with Gasteiger partial charge in [-0.15, -0.1) is 0 Å². The molecule has 2 nitrogen and oxygen atoms in total. The molecule has 0 saturated carbocycles. The molecule has 18 heavy (non-hydrogen) atoms. The van der Waals surface area contributed by atoms with Crippen LogP contribution >= 0.6 is 0 Å². The highest BCUT2D eigenvalue weighted by atomic mass is 19.4. The SMILES string of the molecule is FC(F)COCCNc1ccc(C(F)(F)F)cc1. The fraction of sp³-hybridized carbons (Fsp3) is 0.455. The second-order valence-corrected chi connectivity index (χ2v) is 3.47. The number of anilines is 1. The number of ether oxygens (including phenoxy) is 1. The molecule has 0 heterocycles. The van der Waals surface area contributed by atoms with Crippen molar-refractivity contribution < 1.29 is 26.7 Å². The van der Waals surface area contributed by atoms with Gasteiger partial charge in [-0.1, -0.05) is 0 Å². The zero-order valence-corrected chi connectivity index (χ0v) is 9.31. The normalized spacial score (nSPS) is 11.9. The third kappa shape index (κ3) is 5.31. The number of benzene rings is 1. The minimum Gasteiger partial charge on any atom is -0.383 e. The van der Waals surface area contributed by atoms with Gasteiger partial charge in [-0.2, -0.15) is 13.2 Å². The molecule has 1 rings (SSSR count). The van der Waals surface area contributed by atoms with E-state index in [0.717, 1.165) is 12.1 Å². The summed E-state index contributed by atoms with van der Waals surface area (Å²) >= 11 is 0. The molecule has 1 aromatic carbocycles. The van der Waals surface area contributed by atoms with E-state index >= 15 is 0 Å². The minimum atomic E-state index is -4.36. The summed E-state index contributed by atoms with van der Waals surface area (Å²) in [6.07, 6.45) is -6.88. The molecule has 0 atom stereocenters. The first-order valence-electron chi connectivity index (χ1n) is 5.16. The van der Waals surface area contributed by atoms with Crippen molar-refractivity contribution in [1.82, 2.24) is 0 Å². The molecule has 0 saturated heterocycles. The molecule has 102 valence electrons. The van der Waals surface area contributed by atoms with Crippen molar-refractivity contribution >= 4 is 5.69 Å². The van der Waals surface area contributed by atoms with E-state index in [1.807, 2.05) is 0 Å². The second-order valence-electron chi connectivity index (χ2n) is 3.47. The largest absolute Gasteiger partial charge is 0.416 e. The van der Waals surface area contributed by atoms with Crippen LogP contribution in [-0.2, 0) is 10.9 Å². The van der Waals surface area contributed by atoms with E-state index in [0.29, 0.717) is 5.69 Å². The Morgan fingerprint density at radius 1 is 1.11 bits per heavy atom. The van der Waals surface area contributed by atoms with Gasteiger partial charge in [0, 0.05) is 12.2 Å². The molecule has 0 unspecified atom stereocenters. The van der Waals surface area contributed by atoms with E-state index in [1.54, 1.807) is 0 Å². The van der Waals surface area contributed by atoms with E-state index in [2.05, 4.69) is 10.1 Å². The molecule has 0 fully saturated rings. The number of hydrogen-bond acceptors (Lipinski definition) is 2. The minimum absolute atomic E-state index is 0.0609. The zero-order chi connectivity index (χ0) is 13.6. The average Bonchev–Trinajstić information content (AvgIpc) is 2.27. The quantitative estimate of drug-likeness (QED) is 0.631. The van der Waals surface area contributed by atoms with Crippen LogP contribution < -0.4 is 5.32 Å². The first-order chi connectivity index (χ1) is 8.39. The summed E-state index contributed by atoms with van der Waals surface area (Å²) in [6, 6.07) is 4.44. The van der Waals surface area contributed by atoms with E-state index in [-0.39, 0.29) is 13.2 Å². The van der Waals surface area contributed by atoms with Gasteiger partial charge in [-0.05, 0) is 24.3 Å². The van der Waals surface area contributed by atoms with Crippen LogP contribution in [0.1, 0.15) is 5.56 Å². The summed E-state index contributed by atoms with van der Waals surface area (Å²) in [6.45, 7) is -0.335. The van der Waals surface area contributed by atoms with Crippen molar-refractivity contribution in [2.75, 3.05) is 25.1 Å². The number of alkyl halides is 5. The lowest BCUT2D eigenvalue weighted by Crippen LogP contribution is -2.13. The standard InChI is InChI=1S/C11H12F5NO/c12-10(13)7-18-6-5-17-9-3-1-8(2-4-9)11(14,15)16/h1-4,10,17H,5-7H2. The average molecular weight is 269 g/mol. The smallest absolute Gasteiger partial charge is 0.383 e. The summed E-state index contributed by atoms with van der Waals surface area (Å²) in [5.74, 6) is 0. The zero-order valence-electron chi connectivity index (χ0n) is 9.31. The van der Waals surface area contributed by atoms with Crippen LogP contribution in [0.25, 0.3) is 0 Å². The van der Waals surface area contributed by atoms with Crippen molar-refractivity contribution in [3.63, 3.8) is 0 Å². The third-order valence-electron chi connectivity index (χ3n) is 2.03. The van der Waals surface area contributed by atoms with Crippen molar-refractivity contribution in [3.8, 4) is 0 Å². The van der Waals surface area contributed by atoms with Crippen LogP contribution in [0.2, 0.25) is 0 Å². The van der Waals surface area contributed by atoms with Crippen LogP contribution in [0.15, 0.2) is 24.3 Å². The molecule has 1 N–H and O–H groups in total. The number of rotatable bonds is 6. The molecule has 0 aliphatic rings. The summed E-state index contributed by atoms with van der Waals surface area (Å²) in [5, 5.41) is 2.76. The van der Waals surface area contributed by atoms with Gasteiger partial charge in [0.05, 0.1) is 12.2 Å². The molecule has 0 aromatic heterocycles. The lowest BCUT2D eigenvalue weighted by molar-refractivity contribution is -0.137. The summed E-state index contributed by atoms with van der Waals surface area (Å²) in [4.78, 5) is 0. The monoisotopic (exact) mass is 269 g/mol. The molecule has 1 aromatic rings. The maximum absolute atomic E-state index is 12.2. The Morgan fingerprint density at radius 3 is 2.22 bits per heavy atom. The Balaban J connectivity index is 2.31. The van der Waals surface area contributed by atoms with Gasteiger partial charge in [-0.3, -0.25) is 0 Å². The summed E-state index contributed by atoms with van der Waals surface area (Å²) in [5.41, 5.74) is -0.259. The fourth-order valence-electron chi connectivity index (χ4n) is 1.22. The molecule has 7 heteroatoms. The maximum atomic E-state index is 12.2. The molecule has 0 spiro atoms. The van der Waals surface area contributed by atoms with E-state index in [9.17, 15) is 22.0 Å². The summed E-state index contributed by atoms with van der Waals surface area (Å²) in [7, 11) is 0. The van der Waals surface area contributed by atoms with Gasteiger partial charge in [0.15, 0.2) is 0 Å². The first kappa shape index (κ1) is 14.7. The Morgan fingerprint density at radius 2 is 1.72 bits per heavy atom. The Kier molecular flexibility index (Phi) is 5.33. The Labute approximate surface area is 101 Å². The van der Waals surface area contributed by atoms with Crippen molar-refractivity contribution in [1.29, 1.82) is 0 Å². The van der Waals surface area contributed by atoms with Gasteiger partial charge in [-0.25, -0.2) is 8.78 Å². The van der Waals surface area contributed by atoms with Crippen LogP contribution in [-0.4, -0.2) is 26.2 Å². The van der Waals surface area contributed by atoms with Crippen molar-refractivity contribution in [3.05, 3.63) is 29.8 Å². The number of hydrogen-bond donors (Lipinski definition) is 1. The highest BCUT2D eigenvalue weighted by Crippen LogP contribution is 2.29. The molecular weight excluding hydrogens is 257 g/mol. The molecule has 0 aliphatic carbocycles. The Bertz CT molecular complexity index is 349. The van der Waals surface area contributed by atoms with Gasteiger partial charge in [0.2, 0.25) is 0 Å². The van der Waals surface area contributed by atoms with E-state index < -0.39 is 24.8 Å². The molecule has 0 radical (unpaired) electrons. The lowest BCUT2D eigenvalue weighted by atomic mass is 10.2. The third-order valence-corrected chi connectivity index (χ3v) is 2.03. The van der Waals surface area contributed by atoms with Crippen LogP contribution in [0.5, 0.6) is 0 Å². The van der Waals surface area contributed by atoms with Gasteiger partial charge in [0.25, 0.3) is 6.43 Å². The highest BCUT2D eigenvalue weighted by Gasteiger charge is 2.29. The highest BCUT2D eigenvalue weighted by molar-refractivity contribution is 5.45. The lowest BCUT2D eigenvalue weighted by Gasteiger charge is -2.09. The van der Waals surface area contributed by atoms with Crippen molar-refractivity contribution in [2.24, 2.45) is 0 Å². The molecular formula is C11H12F5NO.